The lowest BCUT2D eigenvalue weighted by Crippen LogP contribution is -2.24. The Bertz CT molecular complexity index is 1010. The predicted molar refractivity (Wildman–Crippen MR) is 105 cm³/mol. The second-order valence-corrected chi connectivity index (χ2v) is 8.34. The maximum atomic E-state index is 13.7. The van der Waals surface area contributed by atoms with Gasteiger partial charge in [0, 0.05) is 0 Å². The van der Waals surface area contributed by atoms with Crippen molar-refractivity contribution in [2.75, 3.05) is 10.6 Å². The van der Waals surface area contributed by atoms with E-state index in [1.54, 1.807) is 19.1 Å². The molecule has 1 aromatic heterocycles. The van der Waals surface area contributed by atoms with Crippen LogP contribution in [0, 0.1) is 5.82 Å². The van der Waals surface area contributed by atoms with Gasteiger partial charge in [-0.1, -0.05) is 47.4 Å². The smallest absolute Gasteiger partial charge is 0.328 e. The SMILES string of the molecule is CC(Sc1nnc(Nc2ccccc2F)s1)C(=O)Nc1ccccc1C(F)(F)F. The van der Waals surface area contributed by atoms with Gasteiger partial charge in [0.1, 0.15) is 5.82 Å². The third-order valence-electron chi connectivity index (χ3n) is 3.66. The van der Waals surface area contributed by atoms with Gasteiger partial charge in [0.05, 0.1) is 22.2 Å². The quantitative estimate of drug-likeness (QED) is 0.387. The van der Waals surface area contributed by atoms with Crippen LogP contribution in [0.1, 0.15) is 12.5 Å². The Balaban J connectivity index is 1.64. The van der Waals surface area contributed by atoms with Crippen molar-refractivity contribution in [2.24, 2.45) is 0 Å². The van der Waals surface area contributed by atoms with Gasteiger partial charge in [0.2, 0.25) is 11.0 Å². The van der Waals surface area contributed by atoms with E-state index in [9.17, 15) is 22.4 Å². The second kappa shape index (κ2) is 8.78. The minimum Gasteiger partial charge on any atom is -0.328 e. The molecule has 1 heterocycles. The van der Waals surface area contributed by atoms with E-state index in [0.717, 1.165) is 29.2 Å². The van der Waals surface area contributed by atoms with Crippen LogP contribution in [-0.2, 0) is 11.0 Å². The first-order chi connectivity index (χ1) is 13.7. The zero-order chi connectivity index (χ0) is 21.0. The topological polar surface area (TPSA) is 66.9 Å². The second-order valence-electron chi connectivity index (χ2n) is 5.77. The van der Waals surface area contributed by atoms with E-state index < -0.39 is 28.7 Å². The van der Waals surface area contributed by atoms with Crippen LogP contribution in [-0.4, -0.2) is 21.4 Å². The summed E-state index contributed by atoms with van der Waals surface area (Å²) in [5, 5.41) is 12.5. The number of nitrogens with one attached hydrogen (secondary N) is 2. The van der Waals surface area contributed by atoms with Crippen LogP contribution >= 0.6 is 23.1 Å². The average molecular weight is 442 g/mol. The summed E-state index contributed by atoms with van der Waals surface area (Å²) in [7, 11) is 0. The van der Waals surface area contributed by atoms with Crippen molar-refractivity contribution in [1.29, 1.82) is 0 Å². The molecule has 0 aliphatic carbocycles. The van der Waals surface area contributed by atoms with Crippen LogP contribution < -0.4 is 10.6 Å². The van der Waals surface area contributed by atoms with Crippen LogP contribution in [0.25, 0.3) is 0 Å². The Morgan fingerprint density at radius 1 is 1.07 bits per heavy atom. The van der Waals surface area contributed by atoms with Gasteiger partial charge in [0.15, 0.2) is 4.34 Å². The van der Waals surface area contributed by atoms with Gasteiger partial charge in [-0.25, -0.2) is 4.39 Å². The molecule has 2 N–H and O–H groups in total. The maximum absolute atomic E-state index is 13.7. The number of hydrogen-bond acceptors (Lipinski definition) is 6. The number of nitrogens with zero attached hydrogens (tertiary/aromatic N) is 2. The lowest BCUT2D eigenvalue weighted by Gasteiger charge is -2.15. The van der Waals surface area contributed by atoms with Crippen LogP contribution in [0.5, 0.6) is 0 Å². The zero-order valence-corrected chi connectivity index (χ0v) is 16.5. The lowest BCUT2D eigenvalue weighted by molar-refractivity contribution is -0.137. The molecule has 0 aliphatic rings. The Kier molecular flexibility index (Phi) is 6.38. The number of carbonyl (C=O) groups is 1. The van der Waals surface area contributed by atoms with Crippen molar-refractivity contribution in [2.45, 2.75) is 22.7 Å². The largest absolute Gasteiger partial charge is 0.418 e. The summed E-state index contributed by atoms with van der Waals surface area (Å²) >= 11 is 2.14. The molecule has 29 heavy (non-hydrogen) atoms. The van der Waals surface area contributed by atoms with Crippen molar-refractivity contribution in [3.8, 4) is 0 Å². The zero-order valence-electron chi connectivity index (χ0n) is 14.8. The first-order valence-corrected chi connectivity index (χ1v) is 9.92. The van der Waals surface area contributed by atoms with Gasteiger partial charge in [-0.3, -0.25) is 4.79 Å². The molecule has 1 unspecified atom stereocenters. The number of anilines is 3. The molecule has 5 nitrogen and oxygen atoms in total. The Morgan fingerprint density at radius 3 is 2.41 bits per heavy atom. The van der Waals surface area contributed by atoms with E-state index in [1.165, 1.54) is 30.3 Å². The molecular weight excluding hydrogens is 428 g/mol. The molecule has 1 atom stereocenters. The minimum atomic E-state index is -4.58. The number of alkyl halides is 3. The number of carbonyl (C=O) groups excluding carboxylic acids is 1. The van der Waals surface area contributed by atoms with Crippen molar-refractivity contribution < 1.29 is 22.4 Å². The highest BCUT2D eigenvalue weighted by atomic mass is 32.2. The Labute approximate surface area is 171 Å². The molecule has 3 rings (SSSR count). The van der Waals surface area contributed by atoms with Crippen LogP contribution in [0.2, 0.25) is 0 Å². The van der Waals surface area contributed by atoms with E-state index >= 15 is 0 Å². The van der Waals surface area contributed by atoms with E-state index in [-0.39, 0.29) is 11.4 Å². The molecule has 0 aliphatic heterocycles. The molecule has 3 aromatic rings. The number of rotatable bonds is 6. The fourth-order valence-corrected chi connectivity index (χ4v) is 4.17. The molecule has 0 spiro atoms. The highest BCUT2D eigenvalue weighted by molar-refractivity contribution is 8.02. The van der Waals surface area contributed by atoms with Crippen LogP contribution in [0.3, 0.4) is 0 Å². The normalized spacial score (nSPS) is 12.4. The summed E-state index contributed by atoms with van der Waals surface area (Å²) in [4.78, 5) is 12.3. The van der Waals surface area contributed by atoms with Gasteiger partial charge in [-0.2, -0.15) is 13.2 Å². The number of benzene rings is 2. The summed E-state index contributed by atoms with van der Waals surface area (Å²) in [5.74, 6) is -1.06. The highest BCUT2D eigenvalue weighted by Crippen LogP contribution is 2.35. The molecule has 0 radical (unpaired) electrons. The molecule has 11 heteroatoms. The predicted octanol–water partition coefficient (Wildman–Crippen LogP) is 5.56. The van der Waals surface area contributed by atoms with E-state index in [4.69, 9.17) is 0 Å². The molecule has 2 aromatic carbocycles. The number of para-hydroxylation sites is 2. The molecular formula is C18H14F4N4OS2. The highest BCUT2D eigenvalue weighted by Gasteiger charge is 2.34. The Hall–Kier alpha value is -2.66. The molecule has 0 saturated carbocycles. The van der Waals surface area contributed by atoms with Gasteiger partial charge in [-0.05, 0) is 31.2 Å². The number of amides is 1. The molecule has 152 valence electrons. The van der Waals surface area contributed by atoms with Gasteiger partial charge >= 0.3 is 6.18 Å². The monoisotopic (exact) mass is 442 g/mol. The van der Waals surface area contributed by atoms with Gasteiger partial charge < -0.3 is 10.6 Å². The first kappa shape index (κ1) is 21.1. The van der Waals surface area contributed by atoms with Gasteiger partial charge in [0.25, 0.3) is 0 Å². The standard InChI is InChI=1S/C18H14F4N4OS2/c1-10(15(27)23-13-8-4-2-6-11(13)18(20,21)22)28-17-26-25-16(29-17)24-14-9-5-3-7-12(14)19/h2-10H,1H3,(H,23,27)(H,24,25). The fraction of sp³-hybridized carbons (Fsp3) is 0.167. The summed E-state index contributed by atoms with van der Waals surface area (Å²) in [5.41, 5.74) is -0.996. The minimum absolute atomic E-state index is 0.231. The van der Waals surface area contributed by atoms with Crippen LogP contribution in [0.15, 0.2) is 52.9 Å². The van der Waals surface area contributed by atoms with Crippen molar-refractivity contribution in [3.05, 3.63) is 59.9 Å². The third kappa shape index (κ3) is 5.45. The van der Waals surface area contributed by atoms with Crippen molar-refractivity contribution in [3.63, 3.8) is 0 Å². The summed E-state index contributed by atoms with van der Waals surface area (Å²) < 4.78 is 53.2. The van der Waals surface area contributed by atoms with E-state index in [2.05, 4.69) is 20.8 Å². The Morgan fingerprint density at radius 2 is 1.72 bits per heavy atom. The number of hydrogen-bond donors (Lipinski definition) is 2. The number of aromatic nitrogens is 2. The molecule has 0 fully saturated rings. The number of halogens is 4. The molecule has 0 bridgehead atoms. The number of thioether (sulfide) groups is 1. The van der Waals surface area contributed by atoms with E-state index in [1.807, 2.05) is 0 Å². The van der Waals surface area contributed by atoms with Gasteiger partial charge in [-0.15, -0.1) is 10.2 Å². The lowest BCUT2D eigenvalue weighted by atomic mass is 10.1. The average Bonchev–Trinajstić information content (AvgIpc) is 3.10. The summed E-state index contributed by atoms with van der Waals surface area (Å²) in [6.45, 7) is 1.54. The first-order valence-electron chi connectivity index (χ1n) is 8.23. The van der Waals surface area contributed by atoms with E-state index in [0.29, 0.717) is 9.47 Å². The molecule has 1 amide bonds. The maximum Gasteiger partial charge on any atom is 0.418 e. The third-order valence-corrected chi connectivity index (χ3v) is 5.68. The summed E-state index contributed by atoms with van der Waals surface area (Å²) in [6, 6.07) is 10.8. The fourth-order valence-electron chi connectivity index (χ4n) is 2.26. The van der Waals surface area contributed by atoms with Crippen LogP contribution in [0.4, 0.5) is 34.1 Å². The van der Waals surface area contributed by atoms with Crippen molar-refractivity contribution >= 4 is 45.5 Å². The van der Waals surface area contributed by atoms with Crippen molar-refractivity contribution in [1.82, 2.24) is 10.2 Å². The molecule has 0 saturated heterocycles. The summed E-state index contributed by atoms with van der Waals surface area (Å²) in [6.07, 6.45) is -4.58.